The number of rotatable bonds is 2. The van der Waals surface area contributed by atoms with E-state index >= 15 is 0 Å². The van der Waals surface area contributed by atoms with Gasteiger partial charge in [0.1, 0.15) is 0 Å². The average molecular weight is 206 g/mol. The minimum absolute atomic E-state index is 0.129. The molecule has 0 saturated carbocycles. The Kier molecular flexibility index (Phi) is 3.54. The van der Waals surface area contributed by atoms with Gasteiger partial charge in [0.15, 0.2) is 5.78 Å². The summed E-state index contributed by atoms with van der Waals surface area (Å²) in [5.41, 5.74) is 3.00. The lowest BCUT2D eigenvalue weighted by atomic mass is 9.66. The van der Waals surface area contributed by atoms with Gasteiger partial charge >= 0.3 is 0 Å². The quantitative estimate of drug-likeness (QED) is 0.626. The first-order chi connectivity index (χ1) is 6.85. The van der Waals surface area contributed by atoms with Crippen LogP contribution in [0.4, 0.5) is 0 Å². The van der Waals surface area contributed by atoms with E-state index in [0.29, 0.717) is 5.92 Å². The van der Waals surface area contributed by atoms with Crippen LogP contribution in [-0.2, 0) is 4.79 Å². The summed E-state index contributed by atoms with van der Waals surface area (Å²) < 4.78 is 0. The van der Waals surface area contributed by atoms with Crippen molar-refractivity contribution in [2.75, 3.05) is 0 Å². The van der Waals surface area contributed by atoms with Crippen LogP contribution in [0.25, 0.3) is 0 Å². The average Bonchev–Trinajstić information content (AvgIpc) is 2.11. The van der Waals surface area contributed by atoms with Crippen LogP contribution in [0.15, 0.2) is 23.3 Å². The second-order valence-electron chi connectivity index (χ2n) is 5.30. The Hall–Kier alpha value is -0.850. The van der Waals surface area contributed by atoms with Crippen LogP contribution in [0.3, 0.4) is 0 Å². The second-order valence-corrected chi connectivity index (χ2v) is 5.30. The van der Waals surface area contributed by atoms with Crippen molar-refractivity contribution in [3.8, 4) is 0 Å². The van der Waals surface area contributed by atoms with Gasteiger partial charge in [-0.15, -0.1) is 0 Å². The van der Waals surface area contributed by atoms with E-state index in [-0.39, 0.29) is 11.2 Å². The maximum Gasteiger partial charge on any atom is 0.152 e. The summed E-state index contributed by atoms with van der Waals surface area (Å²) in [5, 5.41) is 0. The molecule has 0 fully saturated rings. The zero-order chi connectivity index (χ0) is 11.6. The van der Waals surface area contributed by atoms with Crippen LogP contribution >= 0.6 is 0 Å². The Labute approximate surface area is 93.3 Å². The minimum Gasteiger partial charge on any atom is -0.295 e. The fraction of sp³-hybridized carbons (Fsp3) is 0.643. The van der Waals surface area contributed by atoms with E-state index in [0.717, 1.165) is 0 Å². The molecule has 0 radical (unpaired) electrons. The Morgan fingerprint density at radius 1 is 1.47 bits per heavy atom. The molecule has 1 nitrogen and oxygen atoms in total. The number of ketones is 1. The number of hydrogen-bond acceptors (Lipinski definition) is 1. The highest BCUT2D eigenvalue weighted by Crippen LogP contribution is 2.44. The van der Waals surface area contributed by atoms with Crippen molar-refractivity contribution in [1.82, 2.24) is 0 Å². The monoisotopic (exact) mass is 206 g/mol. The van der Waals surface area contributed by atoms with E-state index in [1.807, 2.05) is 6.08 Å². The largest absolute Gasteiger partial charge is 0.295 e. The Morgan fingerprint density at radius 3 is 2.60 bits per heavy atom. The number of hydrogen-bond donors (Lipinski definition) is 0. The fourth-order valence-corrected chi connectivity index (χ4v) is 2.30. The summed E-state index contributed by atoms with van der Waals surface area (Å²) >= 11 is 0. The summed E-state index contributed by atoms with van der Waals surface area (Å²) in [6.45, 7) is 10.6. The van der Waals surface area contributed by atoms with E-state index in [9.17, 15) is 4.79 Å². The van der Waals surface area contributed by atoms with Gasteiger partial charge in [-0.25, -0.2) is 0 Å². The molecular formula is C14H22O. The molecule has 1 heteroatoms. The highest BCUT2D eigenvalue weighted by Gasteiger charge is 2.33. The molecule has 0 aliphatic heterocycles. The van der Waals surface area contributed by atoms with Gasteiger partial charge in [-0.3, -0.25) is 4.79 Å². The standard InChI is InChI=1S/C14H22O/c1-10-6-7-11(2)14(4,5)13(10)9-8-12(3)15/h8-9,11H,6-7H2,1-5H3/b9-8+/t11-/m0/s1. The number of carbonyl (C=O) groups is 1. The highest BCUT2D eigenvalue weighted by molar-refractivity contribution is 5.87. The van der Waals surface area contributed by atoms with Crippen molar-refractivity contribution in [3.63, 3.8) is 0 Å². The van der Waals surface area contributed by atoms with Crippen LogP contribution < -0.4 is 0 Å². The van der Waals surface area contributed by atoms with Crippen molar-refractivity contribution >= 4 is 5.78 Å². The topological polar surface area (TPSA) is 17.1 Å². The zero-order valence-electron chi connectivity index (χ0n) is 10.6. The summed E-state index contributed by atoms with van der Waals surface area (Å²) in [7, 11) is 0. The summed E-state index contributed by atoms with van der Waals surface area (Å²) in [4.78, 5) is 11.0. The lowest BCUT2D eigenvalue weighted by Crippen LogP contribution is -2.28. The van der Waals surface area contributed by atoms with Crippen LogP contribution in [0.2, 0.25) is 0 Å². The highest BCUT2D eigenvalue weighted by atomic mass is 16.1. The minimum atomic E-state index is 0.129. The van der Waals surface area contributed by atoms with Crippen molar-refractivity contribution < 1.29 is 4.79 Å². The fourth-order valence-electron chi connectivity index (χ4n) is 2.30. The maximum atomic E-state index is 11.0. The van der Waals surface area contributed by atoms with Crippen molar-refractivity contribution in [1.29, 1.82) is 0 Å². The molecule has 1 atom stereocenters. The number of allylic oxidation sites excluding steroid dienone is 4. The maximum absolute atomic E-state index is 11.0. The predicted octanol–water partition coefficient (Wildman–Crippen LogP) is 3.90. The molecule has 15 heavy (non-hydrogen) atoms. The normalized spacial score (nSPS) is 26.1. The third kappa shape index (κ3) is 2.58. The summed E-state index contributed by atoms with van der Waals surface area (Å²) in [5.74, 6) is 0.817. The van der Waals surface area contributed by atoms with E-state index < -0.39 is 0 Å². The smallest absolute Gasteiger partial charge is 0.152 e. The van der Waals surface area contributed by atoms with Gasteiger partial charge in [0.2, 0.25) is 0 Å². The van der Waals surface area contributed by atoms with Crippen LogP contribution in [0.1, 0.15) is 47.5 Å². The molecule has 84 valence electrons. The first-order valence-corrected chi connectivity index (χ1v) is 5.74. The van der Waals surface area contributed by atoms with E-state index in [2.05, 4.69) is 27.7 Å². The molecule has 1 aliphatic rings. The van der Waals surface area contributed by atoms with Crippen molar-refractivity contribution in [2.45, 2.75) is 47.5 Å². The van der Waals surface area contributed by atoms with Crippen LogP contribution in [-0.4, -0.2) is 5.78 Å². The lowest BCUT2D eigenvalue weighted by molar-refractivity contribution is -0.112. The Bertz CT molecular complexity index is 318. The Balaban J connectivity index is 3.05. The SMILES string of the molecule is CC(=O)/C=C/C1=C(C)CC[C@H](C)C1(C)C. The Morgan fingerprint density at radius 2 is 2.07 bits per heavy atom. The molecule has 0 aromatic heterocycles. The third-order valence-corrected chi connectivity index (χ3v) is 3.82. The molecule has 0 N–H and O–H groups in total. The molecule has 0 spiro atoms. The molecule has 1 rings (SSSR count). The van der Waals surface area contributed by atoms with Crippen molar-refractivity contribution in [2.24, 2.45) is 11.3 Å². The first-order valence-electron chi connectivity index (χ1n) is 5.74. The van der Waals surface area contributed by atoms with Gasteiger partial charge < -0.3 is 0 Å². The van der Waals surface area contributed by atoms with Gasteiger partial charge in [-0.05, 0) is 49.7 Å². The van der Waals surface area contributed by atoms with E-state index in [4.69, 9.17) is 0 Å². The summed E-state index contributed by atoms with van der Waals surface area (Å²) in [6.07, 6.45) is 6.14. The molecule has 0 aromatic carbocycles. The molecule has 0 amide bonds. The van der Waals surface area contributed by atoms with E-state index in [1.54, 1.807) is 13.0 Å². The molecule has 0 aromatic rings. The molecule has 0 bridgehead atoms. The van der Waals surface area contributed by atoms with Gasteiger partial charge in [0.05, 0.1) is 0 Å². The summed E-state index contributed by atoms with van der Waals surface area (Å²) in [6, 6.07) is 0. The third-order valence-electron chi connectivity index (χ3n) is 3.82. The molecule has 0 saturated heterocycles. The molecule has 0 heterocycles. The molecule has 1 aliphatic carbocycles. The van der Waals surface area contributed by atoms with Crippen LogP contribution in [0.5, 0.6) is 0 Å². The lowest BCUT2D eigenvalue weighted by Gasteiger charge is -2.39. The second kappa shape index (κ2) is 4.34. The zero-order valence-corrected chi connectivity index (χ0v) is 10.6. The van der Waals surface area contributed by atoms with Gasteiger partial charge in [-0.1, -0.05) is 32.4 Å². The first kappa shape index (κ1) is 12.2. The predicted molar refractivity (Wildman–Crippen MR) is 64.7 cm³/mol. The van der Waals surface area contributed by atoms with E-state index in [1.165, 1.54) is 24.0 Å². The van der Waals surface area contributed by atoms with Gasteiger partial charge in [0, 0.05) is 0 Å². The van der Waals surface area contributed by atoms with Gasteiger partial charge in [0.25, 0.3) is 0 Å². The van der Waals surface area contributed by atoms with Crippen molar-refractivity contribution in [3.05, 3.63) is 23.3 Å². The number of carbonyl (C=O) groups excluding carboxylic acids is 1. The van der Waals surface area contributed by atoms with Gasteiger partial charge in [-0.2, -0.15) is 0 Å². The molecule has 0 unspecified atom stereocenters. The van der Waals surface area contributed by atoms with Crippen LogP contribution in [0, 0.1) is 11.3 Å². The molecular weight excluding hydrogens is 184 g/mol.